The maximum Gasteiger partial charge on any atom is 0.404 e. The van der Waals surface area contributed by atoms with E-state index in [1.54, 1.807) is 0 Å². The van der Waals surface area contributed by atoms with Gasteiger partial charge in [-0.1, -0.05) is 0 Å². The number of carbonyl (C=O) groups is 2. The highest BCUT2D eigenvalue weighted by Gasteiger charge is 2.40. The zero-order valence-electron chi connectivity index (χ0n) is 10.3. The first kappa shape index (κ1) is 13.5. The second-order valence-electron chi connectivity index (χ2n) is 4.72. The van der Waals surface area contributed by atoms with E-state index in [-0.39, 0.29) is 30.0 Å². The number of nitrogens with two attached hydrogens (primary N) is 1. The normalized spacial score (nSPS) is 31.3. The topological polar surface area (TPSA) is 128 Å². The Morgan fingerprint density at radius 3 is 2.89 bits per heavy atom. The summed E-state index contributed by atoms with van der Waals surface area (Å²) in [5.41, 5.74) is 4.91. The average Bonchev–Trinajstić information content (AvgIpc) is 2.69. The first-order valence-electron chi connectivity index (χ1n) is 6.12. The van der Waals surface area contributed by atoms with Crippen LogP contribution in [0.1, 0.15) is 25.7 Å². The SMILES string of the molecule is NC(=O)OC1CC(=O)N(C2CCCC([N+](=O)[O-])N2)C1. The lowest BCUT2D eigenvalue weighted by molar-refractivity contribution is -0.534. The number of nitro groups is 1. The van der Waals surface area contributed by atoms with Gasteiger partial charge in [0.1, 0.15) is 6.10 Å². The summed E-state index contributed by atoms with van der Waals surface area (Å²) in [6, 6.07) is 0. The van der Waals surface area contributed by atoms with Crippen molar-refractivity contribution in [1.82, 2.24) is 10.2 Å². The Bertz CT molecular complexity index is 401. The molecule has 0 bridgehead atoms. The quantitative estimate of drug-likeness (QED) is 0.520. The van der Waals surface area contributed by atoms with Crippen LogP contribution in [0, 0.1) is 10.1 Å². The minimum atomic E-state index is -0.917. The number of likely N-dealkylation sites (tertiary alicyclic amines) is 1. The van der Waals surface area contributed by atoms with Crippen LogP contribution in [0.15, 0.2) is 0 Å². The number of rotatable bonds is 3. The molecule has 19 heavy (non-hydrogen) atoms. The van der Waals surface area contributed by atoms with Gasteiger partial charge in [0, 0.05) is 11.3 Å². The molecule has 106 valence electrons. The van der Waals surface area contributed by atoms with Crippen LogP contribution in [0.5, 0.6) is 0 Å². The number of carbonyl (C=O) groups excluding carboxylic acids is 2. The zero-order valence-corrected chi connectivity index (χ0v) is 10.3. The molecule has 3 atom stereocenters. The standard InChI is InChI=1S/C10H16N4O5/c11-10(16)19-6-4-9(15)13(5-6)7-2-1-3-8(12-7)14(17)18/h6-8,12H,1-5H2,(H2,11,16). The average molecular weight is 272 g/mol. The van der Waals surface area contributed by atoms with Crippen LogP contribution >= 0.6 is 0 Å². The highest BCUT2D eigenvalue weighted by atomic mass is 16.6. The first-order chi connectivity index (χ1) is 8.97. The molecule has 2 saturated heterocycles. The molecule has 0 aromatic carbocycles. The van der Waals surface area contributed by atoms with E-state index in [1.807, 2.05) is 0 Å². The van der Waals surface area contributed by atoms with Gasteiger partial charge in [0.15, 0.2) is 0 Å². The van der Waals surface area contributed by atoms with Crippen molar-refractivity contribution in [2.24, 2.45) is 5.73 Å². The third kappa shape index (κ3) is 3.11. The molecule has 2 aliphatic heterocycles. The number of ether oxygens (including phenoxy) is 1. The van der Waals surface area contributed by atoms with Gasteiger partial charge in [0.2, 0.25) is 5.91 Å². The number of nitrogens with zero attached hydrogens (tertiary/aromatic N) is 2. The molecule has 0 aliphatic carbocycles. The molecule has 2 fully saturated rings. The number of hydrogen-bond acceptors (Lipinski definition) is 6. The summed E-state index contributed by atoms with van der Waals surface area (Å²) >= 11 is 0. The van der Waals surface area contributed by atoms with Crippen molar-refractivity contribution in [1.29, 1.82) is 0 Å². The van der Waals surface area contributed by atoms with Crippen molar-refractivity contribution in [3.05, 3.63) is 10.1 Å². The molecule has 2 amide bonds. The molecular weight excluding hydrogens is 256 g/mol. The van der Waals surface area contributed by atoms with Gasteiger partial charge in [-0.25, -0.2) is 10.1 Å². The second kappa shape index (κ2) is 5.39. The van der Waals surface area contributed by atoms with E-state index in [1.165, 1.54) is 4.90 Å². The van der Waals surface area contributed by atoms with Gasteiger partial charge in [-0.3, -0.25) is 14.9 Å². The van der Waals surface area contributed by atoms with Gasteiger partial charge < -0.3 is 15.4 Å². The van der Waals surface area contributed by atoms with Crippen LogP contribution < -0.4 is 11.1 Å². The summed E-state index contributed by atoms with van der Waals surface area (Å²) in [4.78, 5) is 34.3. The van der Waals surface area contributed by atoms with E-state index >= 15 is 0 Å². The van der Waals surface area contributed by atoms with Crippen molar-refractivity contribution in [2.45, 2.75) is 44.1 Å². The molecular formula is C10H16N4O5. The number of piperidine rings is 1. The molecule has 3 N–H and O–H groups in total. The third-order valence-corrected chi connectivity index (χ3v) is 3.38. The van der Waals surface area contributed by atoms with E-state index in [0.29, 0.717) is 19.3 Å². The van der Waals surface area contributed by atoms with Crippen LogP contribution in [0.3, 0.4) is 0 Å². The van der Waals surface area contributed by atoms with Crippen molar-refractivity contribution in [3.63, 3.8) is 0 Å². The highest BCUT2D eigenvalue weighted by molar-refractivity contribution is 5.80. The summed E-state index contributed by atoms with van der Waals surface area (Å²) in [6.07, 6.45) is -0.840. The lowest BCUT2D eigenvalue weighted by Gasteiger charge is -2.33. The largest absolute Gasteiger partial charge is 0.444 e. The Labute approximate surface area is 109 Å². The molecule has 2 heterocycles. The molecule has 9 nitrogen and oxygen atoms in total. The minimum Gasteiger partial charge on any atom is -0.444 e. The van der Waals surface area contributed by atoms with Crippen molar-refractivity contribution in [3.8, 4) is 0 Å². The summed E-state index contributed by atoms with van der Waals surface area (Å²) in [6.45, 7) is 0.226. The third-order valence-electron chi connectivity index (χ3n) is 3.38. The zero-order chi connectivity index (χ0) is 14.0. The van der Waals surface area contributed by atoms with E-state index in [9.17, 15) is 19.7 Å². The van der Waals surface area contributed by atoms with Crippen molar-refractivity contribution < 1.29 is 19.2 Å². The smallest absolute Gasteiger partial charge is 0.404 e. The lowest BCUT2D eigenvalue weighted by atomic mass is 10.1. The Kier molecular flexibility index (Phi) is 3.84. The number of primary amides is 1. The number of hydrogen-bond donors (Lipinski definition) is 2. The van der Waals surface area contributed by atoms with Crippen LogP contribution in [0.2, 0.25) is 0 Å². The predicted molar refractivity (Wildman–Crippen MR) is 62.3 cm³/mol. The van der Waals surface area contributed by atoms with Crippen LogP contribution in [0.4, 0.5) is 4.79 Å². The van der Waals surface area contributed by atoms with Gasteiger partial charge in [-0.05, 0) is 12.8 Å². The molecule has 9 heteroatoms. The Morgan fingerprint density at radius 2 is 2.26 bits per heavy atom. The monoisotopic (exact) mass is 272 g/mol. The van der Waals surface area contributed by atoms with E-state index in [4.69, 9.17) is 10.5 Å². The fourth-order valence-electron chi connectivity index (χ4n) is 2.55. The minimum absolute atomic E-state index is 0.0737. The summed E-state index contributed by atoms with van der Waals surface area (Å²) < 4.78 is 4.79. The maximum absolute atomic E-state index is 11.8. The lowest BCUT2D eigenvalue weighted by Crippen LogP contribution is -2.55. The van der Waals surface area contributed by atoms with E-state index in [0.717, 1.165) is 0 Å². The molecule has 3 unspecified atom stereocenters. The van der Waals surface area contributed by atoms with Crippen LogP contribution in [-0.4, -0.2) is 46.8 Å². The van der Waals surface area contributed by atoms with Gasteiger partial charge in [0.05, 0.1) is 19.1 Å². The van der Waals surface area contributed by atoms with E-state index < -0.39 is 18.4 Å². The van der Waals surface area contributed by atoms with Crippen LogP contribution in [-0.2, 0) is 9.53 Å². The van der Waals surface area contributed by atoms with Crippen LogP contribution in [0.25, 0.3) is 0 Å². The fraction of sp³-hybridized carbons (Fsp3) is 0.800. The van der Waals surface area contributed by atoms with E-state index in [2.05, 4.69) is 5.32 Å². The molecule has 0 aromatic heterocycles. The number of nitrogens with one attached hydrogen (secondary N) is 1. The van der Waals surface area contributed by atoms with Gasteiger partial charge >= 0.3 is 6.09 Å². The molecule has 2 aliphatic rings. The van der Waals surface area contributed by atoms with Crippen molar-refractivity contribution in [2.75, 3.05) is 6.54 Å². The Balaban J connectivity index is 1.96. The summed E-state index contributed by atoms with van der Waals surface area (Å²) in [5.74, 6) is -0.187. The van der Waals surface area contributed by atoms with Gasteiger partial charge in [-0.2, -0.15) is 0 Å². The molecule has 0 aromatic rings. The molecule has 0 radical (unpaired) electrons. The maximum atomic E-state index is 11.8. The molecule has 2 rings (SSSR count). The fourth-order valence-corrected chi connectivity index (χ4v) is 2.55. The molecule has 0 saturated carbocycles. The predicted octanol–water partition coefficient (Wildman–Crippen LogP) is -0.615. The summed E-state index contributed by atoms with van der Waals surface area (Å²) in [7, 11) is 0. The molecule has 0 spiro atoms. The highest BCUT2D eigenvalue weighted by Crippen LogP contribution is 2.22. The van der Waals surface area contributed by atoms with Gasteiger partial charge in [-0.15, -0.1) is 0 Å². The second-order valence-corrected chi connectivity index (χ2v) is 4.72. The Morgan fingerprint density at radius 1 is 1.53 bits per heavy atom. The first-order valence-corrected chi connectivity index (χ1v) is 6.12. The number of amides is 2. The van der Waals surface area contributed by atoms with Gasteiger partial charge in [0.25, 0.3) is 6.17 Å². The summed E-state index contributed by atoms with van der Waals surface area (Å²) in [5, 5.41) is 13.6. The Hall–Kier alpha value is -1.90. The van der Waals surface area contributed by atoms with Crippen molar-refractivity contribution >= 4 is 12.0 Å².